The molecule has 29 heavy (non-hydrogen) atoms. The molecule has 0 aliphatic rings. The Morgan fingerprint density at radius 3 is 2.55 bits per heavy atom. The van der Waals surface area contributed by atoms with Gasteiger partial charge in [0.25, 0.3) is 5.91 Å². The summed E-state index contributed by atoms with van der Waals surface area (Å²) in [4.78, 5) is 28.4. The minimum atomic E-state index is -0.864. The summed E-state index contributed by atoms with van der Waals surface area (Å²) in [6.45, 7) is 3.95. The number of carbonyl (C=O) groups is 2. The van der Waals surface area contributed by atoms with Crippen LogP contribution in [0.2, 0.25) is 0 Å². The number of nitrogens with one attached hydrogen (secondary N) is 1. The number of nitrogens with zero attached hydrogens (tertiary/aromatic N) is 1. The first-order valence-electron chi connectivity index (χ1n) is 9.54. The van der Waals surface area contributed by atoms with E-state index in [1.165, 1.54) is 0 Å². The second kappa shape index (κ2) is 9.68. The highest BCUT2D eigenvalue weighted by Crippen LogP contribution is 2.20. The molecule has 3 aromatic rings. The molecule has 6 nitrogen and oxygen atoms in total. The van der Waals surface area contributed by atoms with E-state index in [4.69, 9.17) is 9.15 Å². The number of oxazole rings is 1. The van der Waals surface area contributed by atoms with Gasteiger partial charge < -0.3 is 14.5 Å². The summed E-state index contributed by atoms with van der Waals surface area (Å²) in [6.07, 6.45) is 1.17. The third-order valence-corrected chi connectivity index (χ3v) is 4.42. The zero-order valence-electron chi connectivity index (χ0n) is 16.6. The Labute approximate surface area is 169 Å². The number of hydrogen-bond acceptors (Lipinski definition) is 5. The lowest BCUT2D eigenvalue weighted by atomic mass is 10.1. The molecule has 0 fully saturated rings. The molecule has 1 heterocycles. The second-order valence-electron chi connectivity index (χ2n) is 6.82. The van der Waals surface area contributed by atoms with Crippen molar-refractivity contribution >= 4 is 11.9 Å². The summed E-state index contributed by atoms with van der Waals surface area (Å²) < 4.78 is 10.9. The fraction of sp³-hybridized carbons (Fsp3) is 0.261. The number of rotatable bonds is 8. The van der Waals surface area contributed by atoms with E-state index < -0.39 is 12.1 Å². The van der Waals surface area contributed by atoms with E-state index in [1.54, 1.807) is 13.1 Å². The molecule has 3 rings (SSSR count). The lowest BCUT2D eigenvalue weighted by molar-refractivity contribution is -0.154. The van der Waals surface area contributed by atoms with Crippen LogP contribution in [0.5, 0.6) is 0 Å². The molecule has 0 radical (unpaired) electrons. The number of aromatic nitrogens is 1. The number of ether oxygens (including phenoxy) is 1. The second-order valence-corrected chi connectivity index (χ2v) is 6.82. The van der Waals surface area contributed by atoms with Gasteiger partial charge >= 0.3 is 5.97 Å². The van der Waals surface area contributed by atoms with Gasteiger partial charge in [0.15, 0.2) is 17.8 Å². The minimum Gasteiger partial charge on any atom is -0.453 e. The Balaban J connectivity index is 1.42. The van der Waals surface area contributed by atoms with Crippen LogP contribution in [0.1, 0.15) is 30.4 Å². The topological polar surface area (TPSA) is 81.4 Å². The predicted octanol–water partition coefficient (Wildman–Crippen LogP) is 3.83. The predicted molar refractivity (Wildman–Crippen MR) is 109 cm³/mol. The number of amides is 1. The molecule has 0 bridgehead atoms. The van der Waals surface area contributed by atoms with Gasteiger partial charge in [-0.25, -0.2) is 4.98 Å². The molecule has 0 aliphatic carbocycles. The maximum absolute atomic E-state index is 12.1. The summed E-state index contributed by atoms with van der Waals surface area (Å²) in [5.74, 6) is 0.305. The van der Waals surface area contributed by atoms with Crippen molar-refractivity contribution in [1.29, 1.82) is 0 Å². The molecule has 0 aliphatic heterocycles. The van der Waals surface area contributed by atoms with Crippen LogP contribution in [0.4, 0.5) is 0 Å². The highest BCUT2D eigenvalue weighted by molar-refractivity contribution is 5.83. The largest absolute Gasteiger partial charge is 0.453 e. The van der Waals surface area contributed by atoms with Crippen molar-refractivity contribution < 1.29 is 18.7 Å². The van der Waals surface area contributed by atoms with Gasteiger partial charge in [-0.1, -0.05) is 60.2 Å². The summed E-state index contributed by atoms with van der Waals surface area (Å²) >= 11 is 0. The summed E-state index contributed by atoms with van der Waals surface area (Å²) in [5, 5.41) is 2.77. The standard InChI is InChI=1S/C23H24N2O4/c1-16-8-10-18(11-9-16)14-25-23(27)17(2)28-22(26)13-12-21-24-15-20(29-21)19-6-4-3-5-7-19/h3-11,15,17H,12-14H2,1-2H3,(H,25,27). The molecular formula is C23H24N2O4. The number of carbonyl (C=O) groups excluding carboxylic acids is 2. The van der Waals surface area contributed by atoms with Crippen molar-refractivity contribution in [1.82, 2.24) is 10.3 Å². The van der Waals surface area contributed by atoms with Gasteiger partial charge in [-0.15, -0.1) is 0 Å². The minimum absolute atomic E-state index is 0.0876. The van der Waals surface area contributed by atoms with E-state index >= 15 is 0 Å². The maximum atomic E-state index is 12.1. The Hall–Kier alpha value is -3.41. The molecule has 0 saturated carbocycles. The fourth-order valence-electron chi connectivity index (χ4n) is 2.72. The highest BCUT2D eigenvalue weighted by Gasteiger charge is 2.18. The first kappa shape index (κ1) is 20.3. The normalized spacial score (nSPS) is 11.7. The van der Waals surface area contributed by atoms with Gasteiger partial charge in [-0.2, -0.15) is 0 Å². The Kier molecular flexibility index (Phi) is 6.79. The van der Waals surface area contributed by atoms with Crippen LogP contribution in [-0.4, -0.2) is 23.0 Å². The molecule has 1 amide bonds. The van der Waals surface area contributed by atoms with E-state index in [-0.39, 0.29) is 12.3 Å². The summed E-state index contributed by atoms with van der Waals surface area (Å²) in [6, 6.07) is 17.5. The van der Waals surface area contributed by atoms with Crippen LogP contribution in [0.25, 0.3) is 11.3 Å². The monoisotopic (exact) mass is 392 g/mol. The van der Waals surface area contributed by atoms with Gasteiger partial charge in [-0.05, 0) is 19.4 Å². The lowest BCUT2D eigenvalue weighted by Gasteiger charge is -2.13. The third kappa shape index (κ3) is 6.04. The zero-order valence-corrected chi connectivity index (χ0v) is 16.6. The Morgan fingerprint density at radius 1 is 1.10 bits per heavy atom. The quantitative estimate of drug-likeness (QED) is 0.589. The van der Waals surface area contributed by atoms with Crippen molar-refractivity contribution in [2.45, 2.75) is 39.3 Å². The maximum Gasteiger partial charge on any atom is 0.307 e. The van der Waals surface area contributed by atoms with Crippen molar-refractivity contribution in [3.8, 4) is 11.3 Å². The number of hydrogen-bond donors (Lipinski definition) is 1. The van der Waals surface area contributed by atoms with Crippen LogP contribution in [0, 0.1) is 6.92 Å². The van der Waals surface area contributed by atoms with Crippen LogP contribution in [-0.2, 0) is 27.3 Å². The average Bonchev–Trinajstić information content (AvgIpc) is 3.21. The van der Waals surface area contributed by atoms with E-state index in [0.29, 0.717) is 24.6 Å². The molecule has 6 heteroatoms. The van der Waals surface area contributed by atoms with Gasteiger partial charge in [0.2, 0.25) is 0 Å². The van der Waals surface area contributed by atoms with Gasteiger partial charge in [-0.3, -0.25) is 9.59 Å². The van der Waals surface area contributed by atoms with Gasteiger partial charge in [0.05, 0.1) is 12.6 Å². The van der Waals surface area contributed by atoms with Crippen LogP contribution < -0.4 is 5.32 Å². The number of aryl methyl sites for hydroxylation is 2. The van der Waals surface area contributed by atoms with E-state index in [0.717, 1.165) is 16.7 Å². The van der Waals surface area contributed by atoms with Gasteiger partial charge in [0, 0.05) is 18.5 Å². The SMILES string of the molecule is Cc1ccc(CNC(=O)C(C)OC(=O)CCc2ncc(-c3ccccc3)o2)cc1. The number of esters is 1. The molecule has 1 unspecified atom stereocenters. The van der Waals surface area contributed by atoms with Crippen molar-refractivity contribution in [3.05, 3.63) is 77.8 Å². The third-order valence-electron chi connectivity index (χ3n) is 4.42. The lowest BCUT2D eigenvalue weighted by Crippen LogP contribution is -2.35. The molecule has 2 aromatic carbocycles. The van der Waals surface area contributed by atoms with Gasteiger partial charge in [0.1, 0.15) is 0 Å². The molecule has 0 saturated heterocycles. The molecule has 1 N–H and O–H groups in total. The summed E-state index contributed by atoms with van der Waals surface area (Å²) in [5.41, 5.74) is 3.07. The first-order valence-corrected chi connectivity index (χ1v) is 9.54. The smallest absolute Gasteiger partial charge is 0.307 e. The highest BCUT2D eigenvalue weighted by atomic mass is 16.5. The fourth-order valence-corrected chi connectivity index (χ4v) is 2.72. The molecule has 1 atom stereocenters. The molecule has 150 valence electrons. The van der Waals surface area contributed by atoms with Crippen LogP contribution in [0.3, 0.4) is 0 Å². The van der Waals surface area contributed by atoms with Crippen LogP contribution in [0.15, 0.2) is 65.2 Å². The van der Waals surface area contributed by atoms with Crippen molar-refractivity contribution in [2.75, 3.05) is 0 Å². The van der Waals surface area contributed by atoms with Crippen molar-refractivity contribution in [3.63, 3.8) is 0 Å². The van der Waals surface area contributed by atoms with E-state index in [9.17, 15) is 9.59 Å². The average molecular weight is 392 g/mol. The molecular weight excluding hydrogens is 368 g/mol. The Bertz CT molecular complexity index is 949. The van der Waals surface area contributed by atoms with Crippen LogP contribution >= 0.6 is 0 Å². The van der Waals surface area contributed by atoms with Crippen molar-refractivity contribution in [2.24, 2.45) is 0 Å². The number of benzene rings is 2. The first-order chi connectivity index (χ1) is 14.0. The zero-order chi connectivity index (χ0) is 20.6. The molecule has 0 spiro atoms. The molecule has 1 aromatic heterocycles. The van der Waals surface area contributed by atoms with E-state index in [1.807, 2.05) is 61.5 Å². The van der Waals surface area contributed by atoms with E-state index in [2.05, 4.69) is 10.3 Å². The summed E-state index contributed by atoms with van der Waals surface area (Å²) in [7, 11) is 0. The Morgan fingerprint density at radius 2 is 1.83 bits per heavy atom.